The van der Waals surface area contributed by atoms with Crippen molar-refractivity contribution in [3.63, 3.8) is 0 Å². The smallest absolute Gasteiger partial charge is 0.404 e. The van der Waals surface area contributed by atoms with Crippen molar-refractivity contribution < 1.29 is 19.8 Å². The molecule has 0 aromatic heterocycles. The van der Waals surface area contributed by atoms with Crippen LogP contribution in [0.5, 0.6) is 0 Å². The van der Waals surface area contributed by atoms with E-state index in [2.05, 4.69) is 5.32 Å². The van der Waals surface area contributed by atoms with Crippen LogP contribution in [0.3, 0.4) is 0 Å². The minimum absolute atomic E-state index is 0.0828. The molecule has 0 aromatic carbocycles. The van der Waals surface area contributed by atoms with Crippen LogP contribution in [-0.4, -0.2) is 52.3 Å². The van der Waals surface area contributed by atoms with Crippen LogP contribution in [0, 0.1) is 0 Å². The summed E-state index contributed by atoms with van der Waals surface area (Å²) in [6.07, 6.45) is -0.806. The third kappa shape index (κ3) is 3.39. The molecule has 0 saturated carbocycles. The molecule has 0 aliphatic carbocycles. The van der Waals surface area contributed by atoms with Gasteiger partial charge in [-0.1, -0.05) is 0 Å². The van der Waals surface area contributed by atoms with Crippen LogP contribution < -0.4 is 5.32 Å². The Balaban J connectivity index is 2.35. The minimum Gasteiger partial charge on any atom is -0.465 e. The van der Waals surface area contributed by atoms with Crippen molar-refractivity contribution >= 4 is 12.0 Å². The Morgan fingerprint density at radius 1 is 1.40 bits per heavy atom. The zero-order chi connectivity index (χ0) is 11.4. The molecule has 6 heteroatoms. The third-order valence-electron chi connectivity index (χ3n) is 2.49. The van der Waals surface area contributed by atoms with Crippen molar-refractivity contribution in [1.82, 2.24) is 10.2 Å². The normalized spacial score (nSPS) is 19.7. The predicted octanol–water partition coefficient (Wildman–Crippen LogP) is -0.374. The lowest BCUT2D eigenvalue weighted by atomic mass is 10.0. The Labute approximate surface area is 87.9 Å². The molecule has 1 saturated heterocycles. The molecule has 15 heavy (non-hydrogen) atoms. The number of piperidine rings is 1. The Kier molecular flexibility index (Phi) is 3.90. The van der Waals surface area contributed by atoms with Gasteiger partial charge in [0.1, 0.15) is 6.10 Å². The van der Waals surface area contributed by atoms with Gasteiger partial charge in [0.15, 0.2) is 0 Å². The summed E-state index contributed by atoms with van der Waals surface area (Å²) in [5.41, 5.74) is 0. The number of aliphatic hydroxyl groups is 1. The fourth-order valence-corrected chi connectivity index (χ4v) is 1.68. The van der Waals surface area contributed by atoms with Gasteiger partial charge in [-0.15, -0.1) is 0 Å². The largest absolute Gasteiger partial charge is 0.465 e. The maximum absolute atomic E-state index is 11.4. The molecule has 1 fully saturated rings. The fraction of sp³-hybridized carbons (Fsp3) is 0.778. The number of carbonyl (C=O) groups excluding carboxylic acids is 1. The molecule has 2 amide bonds. The first-order chi connectivity index (χ1) is 7.00. The molecule has 3 N–H and O–H groups in total. The minimum atomic E-state index is -1.03. The Bertz CT molecular complexity index is 246. The Morgan fingerprint density at radius 3 is 2.33 bits per heavy atom. The monoisotopic (exact) mass is 216 g/mol. The van der Waals surface area contributed by atoms with E-state index in [0.29, 0.717) is 25.9 Å². The number of nitrogens with one attached hydrogen (secondary N) is 1. The maximum Gasteiger partial charge on any atom is 0.404 e. The van der Waals surface area contributed by atoms with Gasteiger partial charge in [-0.05, 0) is 19.8 Å². The highest BCUT2D eigenvalue weighted by atomic mass is 16.4. The van der Waals surface area contributed by atoms with E-state index in [-0.39, 0.29) is 11.9 Å². The maximum atomic E-state index is 11.4. The zero-order valence-corrected chi connectivity index (χ0v) is 8.64. The van der Waals surface area contributed by atoms with Gasteiger partial charge in [-0.3, -0.25) is 4.79 Å². The Hall–Kier alpha value is -1.30. The topological polar surface area (TPSA) is 89.9 Å². The van der Waals surface area contributed by atoms with E-state index in [4.69, 9.17) is 10.2 Å². The van der Waals surface area contributed by atoms with Gasteiger partial charge >= 0.3 is 6.09 Å². The van der Waals surface area contributed by atoms with Crippen molar-refractivity contribution in [3.8, 4) is 0 Å². The van der Waals surface area contributed by atoms with Crippen LogP contribution in [0.1, 0.15) is 19.8 Å². The van der Waals surface area contributed by atoms with Gasteiger partial charge < -0.3 is 20.4 Å². The number of hydrogen-bond donors (Lipinski definition) is 3. The van der Waals surface area contributed by atoms with E-state index in [1.54, 1.807) is 4.90 Å². The number of rotatable bonds is 2. The SMILES string of the molecule is CC(O)C(=O)N1CCC(NC(=O)O)CC1. The summed E-state index contributed by atoms with van der Waals surface area (Å²) in [6.45, 7) is 2.42. The van der Waals surface area contributed by atoms with Crippen molar-refractivity contribution in [3.05, 3.63) is 0 Å². The van der Waals surface area contributed by atoms with Crippen molar-refractivity contribution in [1.29, 1.82) is 0 Å². The highest BCUT2D eigenvalue weighted by Gasteiger charge is 2.25. The zero-order valence-electron chi connectivity index (χ0n) is 8.64. The first-order valence-corrected chi connectivity index (χ1v) is 4.97. The fourth-order valence-electron chi connectivity index (χ4n) is 1.68. The summed E-state index contributed by atoms with van der Waals surface area (Å²) in [5.74, 6) is -0.288. The van der Waals surface area contributed by atoms with Gasteiger partial charge in [-0.25, -0.2) is 4.79 Å². The van der Waals surface area contributed by atoms with Gasteiger partial charge in [0.25, 0.3) is 5.91 Å². The van der Waals surface area contributed by atoms with E-state index >= 15 is 0 Å². The number of carboxylic acid groups (broad SMARTS) is 1. The number of carbonyl (C=O) groups is 2. The highest BCUT2D eigenvalue weighted by molar-refractivity contribution is 5.80. The van der Waals surface area contributed by atoms with Gasteiger partial charge in [0, 0.05) is 19.1 Å². The van der Waals surface area contributed by atoms with E-state index in [9.17, 15) is 9.59 Å². The first-order valence-electron chi connectivity index (χ1n) is 4.97. The highest BCUT2D eigenvalue weighted by Crippen LogP contribution is 2.11. The molecule has 1 aliphatic rings. The van der Waals surface area contributed by atoms with E-state index < -0.39 is 12.2 Å². The van der Waals surface area contributed by atoms with Crippen molar-refractivity contribution in [2.24, 2.45) is 0 Å². The van der Waals surface area contributed by atoms with Gasteiger partial charge in [-0.2, -0.15) is 0 Å². The molecule has 0 aromatic rings. The number of aliphatic hydroxyl groups excluding tert-OH is 1. The molecule has 1 rings (SSSR count). The van der Waals surface area contributed by atoms with E-state index in [1.165, 1.54) is 6.92 Å². The standard InChI is InChI=1S/C9H16N2O4/c1-6(12)8(13)11-4-2-7(3-5-11)10-9(14)15/h6-7,10,12H,2-5H2,1H3,(H,14,15). The molecule has 1 atom stereocenters. The lowest BCUT2D eigenvalue weighted by molar-refractivity contribution is -0.140. The number of nitrogens with zero attached hydrogens (tertiary/aromatic N) is 1. The van der Waals surface area contributed by atoms with Crippen LogP contribution in [0.15, 0.2) is 0 Å². The molecular weight excluding hydrogens is 200 g/mol. The summed E-state index contributed by atoms with van der Waals surface area (Å²) in [5, 5.41) is 20.0. The van der Waals surface area contributed by atoms with Gasteiger partial charge in [0.05, 0.1) is 0 Å². The second kappa shape index (κ2) is 4.97. The summed E-state index contributed by atoms with van der Waals surface area (Å²) in [6, 6.07) is -0.0828. The molecule has 0 bridgehead atoms. The number of amides is 2. The number of likely N-dealkylation sites (tertiary alicyclic amines) is 1. The lowest BCUT2D eigenvalue weighted by Gasteiger charge is -2.32. The lowest BCUT2D eigenvalue weighted by Crippen LogP contribution is -2.48. The van der Waals surface area contributed by atoms with Crippen LogP contribution in [-0.2, 0) is 4.79 Å². The van der Waals surface area contributed by atoms with Gasteiger partial charge in [0.2, 0.25) is 0 Å². The first kappa shape index (κ1) is 11.8. The third-order valence-corrected chi connectivity index (χ3v) is 2.49. The quantitative estimate of drug-likeness (QED) is 0.587. The summed E-state index contributed by atoms with van der Waals surface area (Å²) in [7, 11) is 0. The number of hydrogen-bond acceptors (Lipinski definition) is 3. The molecule has 6 nitrogen and oxygen atoms in total. The molecule has 0 radical (unpaired) electrons. The molecular formula is C9H16N2O4. The average Bonchev–Trinajstić information content (AvgIpc) is 2.17. The van der Waals surface area contributed by atoms with Crippen molar-refractivity contribution in [2.75, 3.05) is 13.1 Å². The second-order valence-corrected chi connectivity index (χ2v) is 3.73. The second-order valence-electron chi connectivity index (χ2n) is 3.73. The van der Waals surface area contributed by atoms with E-state index in [0.717, 1.165) is 0 Å². The van der Waals surface area contributed by atoms with Crippen LogP contribution >= 0.6 is 0 Å². The Morgan fingerprint density at radius 2 is 1.93 bits per heavy atom. The predicted molar refractivity (Wildman–Crippen MR) is 52.4 cm³/mol. The molecule has 86 valence electrons. The molecule has 1 heterocycles. The summed E-state index contributed by atoms with van der Waals surface area (Å²) < 4.78 is 0. The molecule has 1 unspecified atom stereocenters. The average molecular weight is 216 g/mol. The summed E-state index contributed by atoms with van der Waals surface area (Å²) in [4.78, 5) is 23.3. The molecule has 1 aliphatic heterocycles. The van der Waals surface area contributed by atoms with Crippen LogP contribution in [0.2, 0.25) is 0 Å². The van der Waals surface area contributed by atoms with E-state index in [1.807, 2.05) is 0 Å². The van der Waals surface area contributed by atoms with Crippen molar-refractivity contribution in [2.45, 2.75) is 31.9 Å². The summed E-state index contributed by atoms with van der Waals surface area (Å²) >= 11 is 0. The molecule has 0 spiro atoms. The van der Waals surface area contributed by atoms with Crippen LogP contribution in [0.25, 0.3) is 0 Å². The van der Waals surface area contributed by atoms with Crippen LogP contribution in [0.4, 0.5) is 4.79 Å².